The Balaban J connectivity index is 1.87. The molecule has 4 heteroatoms. The van der Waals surface area contributed by atoms with Crippen molar-refractivity contribution in [2.24, 2.45) is 17.8 Å². The predicted molar refractivity (Wildman–Crippen MR) is 71.2 cm³/mol. The van der Waals surface area contributed by atoms with Gasteiger partial charge in [0.05, 0.1) is 0 Å². The van der Waals surface area contributed by atoms with Crippen molar-refractivity contribution in [3.63, 3.8) is 0 Å². The van der Waals surface area contributed by atoms with Crippen molar-refractivity contribution in [3.8, 4) is 0 Å². The molecule has 0 radical (unpaired) electrons. The quantitative estimate of drug-likeness (QED) is 0.732. The maximum atomic E-state index is 12.0. The Hall–Kier alpha value is -1.19. The highest BCUT2D eigenvalue weighted by Crippen LogP contribution is 2.32. The van der Waals surface area contributed by atoms with Crippen LogP contribution >= 0.6 is 0 Å². The van der Waals surface area contributed by atoms with Gasteiger partial charge in [0.25, 0.3) is 0 Å². The van der Waals surface area contributed by atoms with Crippen molar-refractivity contribution in [1.29, 1.82) is 0 Å². The Morgan fingerprint density at radius 1 is 1.21 bits per heavy atom. The molecule has 0 spiro atoms. The topological polar surface area (TPSA) is 54.5 Å². The molecular formula is C15H23NO3. The summed E-state index contributed by atoms with van der Waals surface area (Å²) >= 11 is 0. The van der Waals surface area contributed by atoms with Crippen LogP contribution in [-0.4, -0.2) is 29.0 Å². The average Bonchev–Trinajstić information content (AvgIpc) is 2.67. The van der Waals surface area contributed by atoms with Crippen LogP contribution in [-0.2, 0) is 14.4 Å². The molecule has 2 aliphatic rings. The van der Waals surface area contributed by atoms with Gasteiger partial charge in [-0.2, -0.15) is 0 Å². The molecule has 2 rings (SSSR count). The zero-order valence-corrected chi connectivity index (χ0v) is 11.9. The van der Waals surface area contributed by atoms with Crippen LogP contribution in [0.2, 0.25) is 0 Å². The van der Waals surface area contributed by atoms with Crippen molar-refractivity contribution < 1.29 is 14.4 Å². The van der Waals surface area contributed by atoms with E-state index in [1.807, 2.05) is 6.92 Å². The number of imide groups is 1. The van der Waals surface area contributed by atoms with Crippen LogP contribution in [0.15, 0.2) is 0 Å². The molecule has 1 aliphatic heterocycles. The zero-order valence-electron chi connectivity index (χ0n) is 11.9. The van der Waals surface area contributed by atoms with E-state index in [2.05, 4.69) is 0 Å². The van der Waals surface area contributed by atoms with Crippen LogP contribution in [0.4, 0.5) is 0 Å². The van der Waals surface area contributed by atoms with Gasteiger partial charge in [0.2, 0.25) is 11.8 Å². The van der Waals surface area contributed by atoms with Gasteiger partial charge in [-0.25, -0.2) is 0 Å². The Morgan fingerprint density at radius 2 is 1.84 bits per heavy atom. The molecule has 1 saturated heterocycles. The first-order valence-electron chi connectivity index (χ1n) is 7.37. The predicted octanol–water partition coefficient (Wildman–Crippen LogP) is 2.17. The van der Waals surface area contributed by atoms with E-state index in [1.165, 1.54) is 4.90 Å². The van der Waals surface area contributed by atoms with Crippen LogP contribution < -0.4 is 0 Å². The molecule has 0 aromatic heterocycles. The Morgan fingerprint density at radius 3 is 2.32 bits per heavy atom. The van der Waals surface area contributed by atoms with Gasteiger partial charge in [-0.3, -0.25) is 19.3 Å². The first kappa shape index (κ1) is 14.2. The summed E-state index contributed by atoms with van der Waals surface area (Å²) in [6, 6.07) is 0. The summed E-state index contributed by atoms with van der Waals surface area (Å²) < 4.78 is 0. The van der Waals surface area contributed by atoms with E-state index in [1.54, 1.807) is 6.92 Å². The Kier molecular flexibility index (Phi) is 4.38. The number of ketones is 1. The van der Waals surface area contributed by atoms with Crippen molar-refractivity contribution in [2.45, 2.75) is 52.4 Å². The van der Waals surface area contributed by atoms with Crippen LogP contribution in [0, 0.1) is 17.8 Å². The van der Waals surface area contributed by atoms with E-state index < -0.39 is 0 Å². The molecule has 2 fully saturated rings. The van der Waals surface area contributed by atoms with Crippen LogP contribution in [0.5, 0.6) is 0 Å². The van der Waals surface area contributed by atoms with E-state index in [0.29, 0.717) is 18.9 Å². The monoisotopic (exact) mass is 265 g/mol. The maximum Gasteiger partial charge on any atom is 0.232 e. The van der Waals surface area contributed by atoms with Gasteiger partial charge < -0.3 is 0 Å². The first-order chi connectivity index (χ1) is 9.02. The van der Waals surface area contributed by atoms with E-state index >= 15 is 0 Å². The van der Waals surface area contributed by atoms with Gasteiger partial charge >= 0.3 is 0 Å². The highest BCUT2D eigenvalue weighted by molar-refractivity contribution is 6.03. The summed E-state index contributed by atoms with van der Waals surface area (Å²) in [7, 11) is 0. The normalized spacial score (nSPS) is 31.9. The lowest BCUT2D eigenvalue weighted by Gasteiger charge is -2.29. The molecular weight excluding hydrogens is 242 g/mol. The van der Waals surface area contributed by atoms with Gasteiger partial charge in [0.15, 0.2) is 0 Å². The third-order valence-corrected chi connectivity index (χ3v) is 4.69. The summed E-state index contributed by atoms with van der Waals surface area (Å²) in [4.78, 5) is 36.7. The fourth-order valence-electron chi connectivity index (χ4n) is 3.27. The number of hydrogen-bond acceptors (Lipinski definition) is 3. The molecule has 0 aromatic carbocycles. The minimum absolute atomic E-state index is 0.00876. The number of likely N-dealkylation sites (tertiary alicyclic amines) is 1. The van der Waals surface area contributed by atoms with Gasteiger partial charge in [-0.1, -0.05) is 6.92 Å². The van der Waals surface area contributed by atoms with E-state index in [-0.39, 0.29) is 29.4 Å². The van der Waals surface area contributed by atoms with Gasteiger partial charge in [0, 0.05) is 24.8 Å². The summed E-state index contributed by atoms with van der Waals surface area (Å²) in [6.07, 6.45) is 4.87. The minimum Gasteiger partial charge on any atom is -0.300 e. The molecule has 1 atom stereocenters. The Labute approximate surface area is 114 Å². The van der Waals surface area contributed by atoms with Crippen molar-refractivity contribution in [3.05, 3.63) is 0 Å². The highest BCUT2D eigenvalue weighted by atomic mass is 16.2. The van der Waals surface area contributed by atoms with Gasteiger partial charge in [0.1, 0.15) is 5.78 Å². The van der Waals surface area contributed by atoms with Crippen LogP contribution in [0.3, 0.4) is 0 Å². The number of carbonyl (C=O) groups excluding carboxylic acids is 3. The highest BCUT2D eigenvalue weighted by Gasteiger charge is 2.38. The zero-order chi connectivity index (χ0) is 14.0. The average molecular weight is 265 g/mol. The molecule has 1 saturated carbocycles. The van der Waals surface area contributed by atoms with Crippen LogP contribution in [0.25, 0.3) is 0 Å². The number of Topliss-reactive ketones (excluding diaryl/α,β-unsaturated/α-hetero) is 1. The van der Waals surface area contributed by atoms with Gasteiger partial charge in [-0.15, -0.1) is 0 Å². The van der Waals surface area contributed by atoms with E-state index in [4.69, 9.17) is 0 Å². The third-order valence-electron chi connectivity index (χ3n) is 4.69. The van der Waals surface area contributed by atoms with E-state index in [0.717, 1.165) is 32.1 Å². The number of rotatable bonds is 4. The summed E-state index contributed by atoms with van der Waals surface area (Å²) in [5, 5.41) is 0. The number of hydrogen-bond donors (Lipinski definition) is 0. The summed E-state index contributed by atoms with van der Waals surface area (Å²) in [6.45, 7) is 4.18. The standard InChI is InChI=1S/C15H23NO3/c1-3-12-8-14(18)16(15(12)19)9-11-4-6-13(7-5-11)10(2)17/h11-13H,3-9H2,1-2H3. The van der Waals surface area contributed by atoms with Crippen LogP contribution in [0.1, 0.15) is 52.4 Å². The van der Waals surface area contributed by atoms with Gasteiger partial charge in [-0.05, 0) is 44.9 Å². The second-order valence-electron chi connectivity index (χ2n) is 5.98. The first-order valence-corrected chi connectivity index (χ1v) is 7.37. The smallest absolute Gasteiger partial charge is 0.232 e. The van der Waals surface area contributed by atoms with Crippen molar-refractivity contribution >= 4 is 17.6 Å². The summed E-state index contributed by atoms with van der Waals surface area (Å²) in [5.74, 6) is 0.773. The molecule has 2 amide bonds. The molecule has 0 N–H and O–H groups in total. The van der Waals surface area contributed by atoms with E-state index in [9.17, 15) is 14.4 Å². The third kappa shape index (κ3) is 3.04. The molecule has 1 unspecified atom stereocenters. The lowest BCUT2D eigenvalue weighted by molar-refractivity contribution is -0.140. The molecule has 4 nitrogen and oxygen atoms in total. The second kappa shape index (κ2) is 5.85. The fourth-order valence-corrected chi connectivity index (χ4v) is 3.27. The molecule has 0 bridgehead atoms. The molecule has 106 valence electrons. The lowest BCUT2D eigenvalue weighted by Crippen LogP contribution is -2.36. The summed E-state index contributed by atoms with van der Waals surface area (Å²) in [5.41, 5.74) is 0. The molecule has 1 heterocycles. The molecule has 19 heavy (non-hydrogen) atoms. The Bertz CT molecular complexity index is 383. The minimum atomic E-state index is -0.0962. The molecule has 1 aliphatic carbocycles. The maximum absolute atomic E-state index is 12.0. The van der Waals surface area contributed by atoms with Crippen molar-refractivity contribution in [2.75, 3.05) is 6.54 Å². The fraction of sp³-hybridized carbons (Fsp3) is 0.800. The number of nitrogens with zero attached hydrogens (tertiary/aromatic N) is 1. The second-order valence-corrected chi connectivity index (χ2v) is 5.98. The molecule has 0 aromatic rings. The lowest BCUT2D eigenvalue weighted by atomic mass is 9.80. The SMILES string of the molecule is CCC1CC(=O)N(CC2CCC(C(C)=O)CC2)C1=O. The number of carbonyl (C=O) groups is 3. The van der Waals surface area contributed by atoms with Crippen molar-refractivity contribution in [1.82, 2.24) is 4.90 Å². The largest absolute Gasteiger partial charge is 0.300 e. The number of amides is 2.